The molecule has 0 radical (unpaired) electrons. The third-order valence-corrected chi connectivity index (χ3v) is 2.21. The molecule has 1 rings (SSSR count). The van der Waals surface area contributed by atoms with E-state index in [-0.39, 0.29) is 24.5 Å². The van der Waals surface area contributed by atoms with Crippen molar-refractivity contribution < 1.29 is 9.84 Å². The van der Waals surface area contributed by atoms with Gasteiger partial charge in [-0.25, -0.2) is 5.84 Å². The van der Waals surface area contributed by atoms with Gasteiger partial charge in [-0.15, -0.1) is 0 Å². The van der Waals surface area contributed by atoms with Crippen LogP contribution in [0, 0.1) is 0 Å². The van der Waals surface area contributed by atoms with Gasteiger partial charge in [-0.05, 0) is 21.0 Å². The molecule has 9 nitrogen and oxygen atoms in total. The maximum Gasteiger partial charge on any atom is 0.322 e. The second-order valence-electron chi connectivity index (χ2n) is 4.70. The van der Waals surface area contributed by atoms with Crippen molar-refractivity contribution in [3.8, 4) is 6.01 Å². The minimum Gasteiger partial charge on any atom is -0.467 e. The summed E-state index contributed by atoms with van der Waals surface area (Å²) in [4.78, 5) is 13.8. The molecule has 0 aliphatic heterocycles. The van der Waals surface area contributed by atoms with Crippen LogP contribution in [0.3, 0.4) is 0 Å². The van der Waals surface area contributed by atoms with Crippen LogP contribution in [0.15, 0.2) is 0 Å². The van der Waals surface area contributed by atoms with Crippen LogP contribution in [0.25, 0.3) is 0 Å². The van der Waals surface area contributed by atoms with Crippen molar-refractivity contribution in [1.29, 1.82) is 0 Å². The fourth-order valence-electron chi connectivity index (χ4n) is 1.60. The number of anilines is 2. The first-order chi connectivity index (χ1) is 8.86. The number of hydrogen-bond donors (Lipinski definition) is 4. The molecule has 0 saturated carbocycles. The second-order valence-corrected chi connectivity index (χ2v) is 4.70. The number of ether oxygens (including phenoxy) is 1. The average molecular weight is 271 g/mol. The first-order valence-electron chi connectivity index (χ1n) is 5.74. The lowest BCUT2D eigenvalue weighted by Crippen LogP contribution is -2.43. The van der Waals surface area contributed by atoms with Crippen LogP contribution in [0.2, 0.25) is 0 Å². The lowest BCUT2D eigenvalue weighted by Gasteiger charge is -2.27. The summed E-state index contributed by atoms with van der Waals surface area (Å²) in [6.07, 6.45) is 0. The van der Waals surface area contributed by atoms with Crippen LogP contribution in [-0.2, 0) is 0 Å². The molecule has 0 spiro atoms. The van der Waals surface area contributed by atoms with Crippen LogP contribution >= 0.6 is 0 Å². The second kappa shape index (κ2) is 6.45. The van der Waals surface area contributed by atoms with Crippen molar-refractivity contribution in [1.82, 2.24) is 19.9 Å². The van der Waals surface area contributed by atoms with Gasteiger partial charge in [0.25, 0.3) is 0 Å². The minimum atomic E-state index is -0.917. The third-order valence-electron chi connectivity index (χ3n) is 2.21. The van der Waals surface area contributed by atoms with E-state index in [1.807, 2.05) is 19.0 Å². The summed E-state index contributed by atoms with van der Waals surface area (Å²) in [6.45, 7) is 2.51. The first-order valence-corrected chi connectivity index (χ1v) is 5.74. The number of methoxy groups -OCH3 is 1. The van der Waals surface area contributed by atoms with Crippen molar-refractivity contribution in [3.63, 3.8) is 0 Å². The summed E-state index contributed by atoms with van der Waals surface area (Å²) in [5.74, 6) is 5.71. The van der Waals surface area contributed by atoms with Gasteiger partial charge in [0, 0.05) is 13.1 Å². The van der Waals surface area contributed by atoms with Crippen molar-refractivity contribution >= 4 is 11.9 Å². The fourth-order valence-corrected chi connectivity index (χ4v) is 1.60. The van der Waals surface area contributed by atoms with Gasteiger partial charge >= 0.3 is 6.01 Å². The van der Waals surface area contributed by atoms with Gasteiger partial charge in [-0.1, -0.05) is 0 Å². The number of aromatic nitrogens is 3. The molecule has 0 bridgehead atoms. The van der Waals surface area contributed by atoms with Gasteiger partial charge in [0.2, 0.25) is 11.9 Å². The largest absolute Gasteiger partial charge is 0.467 e. The SMILES string of the molecule is COc1nc(NN)nc(NCC(C)(O)CN(C)C)n1. The normalized spacial score (nSPS) is 14.1. The number of nitrogens with two attached hydrogens (primary N) is 1. The lowest BCUT2D eigenvalue weighted by molar-refractivity contribution is 0.0458. The highest BCUT2D eigenvalue weighted by atomic mass is 16.5. The Hall–Kier alpha value is -1.71. The van der Waals surface area contributed by atoms with Gasteiger partial charge in [0.05, 0.1) is 12.7 Å². The number of aliphatic hydroxyl groups is 1. The molecule has 19 heavy (non-hydrogen) atoms. The van der Waals surface area contributed by atoms with E-state index in [2.05, 4.69) is 25.7 Å². The number of nitrogen functional groups attached to an aromatic ring is 1. The maximum atomic E-state index is 10.2. The smallest absolute Gasteiger partial charge is 0.322 e. The van der Waals surface area contributed by atoms with Gasteiger partial charge in [0.1, 0.15) is 0 Å². The predicted octanol–water partition coefficient (Wildman–Crippen LogP) is -1.11. The number of rotatable bonds is 7. The molecule has 1 heterocycles. The number of hydrogen-bond acceptors (Lipinski definition) is 9. The van der Waals surface area contributed by atoms with Crippen LogP contribution in [0.5, 0.6) is 6.01 Å². The monoisotopic (exact) mass is 271 g/mol. The molecule has 1 aromatic heterocycles. The highest BCUT2D eigenvalue weighted by Crippen LogP contribution is 2.11. The summed E-state index contributed by atoms with van der Waals surface area (Å²) in [6, 6.07) is 0.137. The third kappa shape index (κ3) is 5.20. The summed E-state index contributed by atoms with van der Waals surface area (Å²) >= 11 is 0. The van der Waals surface area contributed by atoms with Crippen LogP contribution in [0.1, 0.15) is 6.92 Å². The van der Waals surface area contributed by atoms with E-state index in [0.29, 0.717) is 6.54 Å². The molecule has 0 aliphatic carbocycles. The summed E-state index contributed by atoms with van der Waals surface area (Å²) < 4.78 is 4.93. The van der Waals surface area contributed by atoms with Crippen LogP contribution in [-0.4, -0.2) is 64.9 Å². The Labute approximate surface area is 112 Å². The Kier molecular flexibility index (Phi) is 5.21. The van der Waals surface area contributed by atoms with Crippen molar-refractivity contribution in [2.24, 2.45) is 5.84 Å². The Morgan fingerprint density at radius 3 is 2.47 bits per heavy atom. The number of nitrogens with one attached hydrogen (secondary N) is 2. The van der Waals surface area contributed by atoms with Crippen molar-refractivity contribution in [2.75, 3.05) is 45.0 Å². The molecule has 5 N–H and O–H groups in total. The molecule has 0 saturated heterocycles. The highest BCUT2D eigenvalue weighted by Gasteiger charge is 2.21. The van der Waals surface area contributed by atoms with Crippen LogP contribution in [0.4, 0.5) is 11.9 Å². The van der Waals surface area contributed by atoms with E-state index in [1.54, 1.807) is 6.92 Å². The Balaban J connectivity index is 2.71. The predicted molar refractivity (Wildman–Crippen MR) is 71.9 cm³/mol. The van der Waals surface area contributed by atoms with E-state index in [4.69, 9.17) is 10.6 Å². The van der Waals surface area contributed by atoms with E-state index in [0.717, 1.165) is 0 Å². The van der Waals surface area contributed by atoms with Gasteiger partial charge < -0.3 is 20.1 Å². The first kappa shape index (κ1) is 15.3. The Morgan fingerprint density at radius 1 is 1.32 bits per heavy atom. The quantitative estimate of drug-likeness (QED) is 0.361. The zero-order valence-corrected chi connectivity index (χ0v) is 11.6. The molecule has 1 aromatic rings. The molecule has 9 heteroatoms. The van der Waals surface area contributed by atoms with Gasteiger partial charge in [-0.3, -0.25) is 5.43 Å². The van der Waals surface area contributed by atoms with Crippen molar-refractivity contribution in [3.05, 3.63) is 0 Å². The highest BCUT2D eigenvalue weighted by molar-refractivity contribution is 5.35. The standard InChI is InChI=1S/C10H21N7O2/c1-10(18,6-17(2)3)5-12-7-13-8(16-11)15-9(14-7)19-4/h18H,5-6,11H2,1-4H3,(H2,12,13,14,15,16). The zero-order valence-electron chi connectivity index (χ0n) is 11.6. The van der Waals surface area contributed by atoms with E-state index >= 15 is 0 Å². The number of likely N-dealkylation sites (N-methyl/N-ethyl adjacent to an activating group) is 1. The Bertz CT molecular complexity index is 389. The maximum absolute atomic E-state index is 10.2. The van der Waals surface area contributed by atoms with Gasteiger partial charge in [0.15, 0.2) is 0 Å². The number of hydrazine groups is 1. The number of nitrogens with zero attached hydrogens (tertiary/aromatic N) is 4. The topological polar surface area (TPSA) is 121 Å². The molecule has 0 aliphatic rings. The summed E-state index contributed by atoms with van der Waals surface area (Å²) in [7, 11) is 5.22. The minimum absolute atomic E-state index is 0.137. The molecule has 0 aromatic carbocycles. The van der Waals surface area contributed by atoms with E-state index in [1.165, 1.54) is 7.11 Å². The van der Waals surface area contributed by atoms with E-state index < -0.39 is 5.60 Å². The molecular formula is C10H21N7O2. The molecular weight excluding hydrogens is 250 g/mol. The molecule has 1 unspecified atom stereocenters. The lowest BCUT2D eigenvalue weighted by atomic mass is 10.1. The molecule has 0 amide bonds. The zero-order chi connectivity index (χ0) is 14.5. The Morgan fingerprint density at radius 2 is 1.95 bits per heavy atom. The van der Waals surface area contributed by atoms with Crippen molar-refractivity contribution in [2.45, 2.75) is 12.5 Å². The average Bonchev–Trinajstić information content (AvgIpc) is 2.34. The molecule has 108 valence electrons. The van der Waals surface area contributed by atoms with Gasteiger partial charge in [-0.2, -0.15) is 15.0 Å². The summed E-state index contributed by atoms with van der Waals surface area (Å²) in [5.41, 5.74) is 1.40. The summed E-state index contributed by atoms with van der Waals surface area (Å²) in [5, 5.41) is 13.1. The van der Waals surface area contributed by atoms with Crippen LogP contribution < -0.4 is 21.3 Å². The van der Waals surface area contributed by atoms with E-state index in [9.17, 15) is 5.11 Å². The fraction of sp³-hybridized carbons (Fsp3) is 0.700. The molecule has 0 fully saturated rings. The molecule has 1 atom stereocenters.